The zero-order valence-electron chi connectivity index (χ0n) is 8.71. The molecule has 84 valence electrons. The quantitative estimate of drug-likeness (QED) is 0.279. The molecular formula is C10H9FIN3S. The van der Waals surface area contributed by atoms with Gasteiger partial charge >= 0.3 is 0 Å². The highest BCUT2D eigenvalue weighted by Crippen LogP contribution is 2.26. The summed E-state index contributed by atoms with van der Waals surface area (Å²) in [6.45, 7) is 1.82. The van der Waals surface area contributed by atoms with Crippen LogP contribution in [0.5, 0.6) is 0 Å². The van der Waals surface area contributed by atoms with Gasteiger partial charge in [-0.05, 0) is 47.4 Å². The maximum Gasteiger partial charge on any atom is 0.183 e. The van der Waals surface area contributed by atoms with Crippen molar-refractivity contribution in [2.75, 3.05) is 6.26 Å². The van der Waals surface area contributed by atoms with Crippen LogP contribution in [0, 0.1) is 27.8 Å². The molecule has 1 rings (SSSR count). The Kier molecular flexibility index (Phi) is 5.02. The third-order valence-corrected chi connectivity index (χ3v) is 3.76. The molecule has 1 aromatic carbocycles. The summed E-state index contributed by atoms with van der Waals surface area (Å²) in [5.74, 6) is -0.325. The third-order valence-electron chi connectivity index (χ3n) is 1.78. The first-order valence-corrected chi connectivity index (χ1v) is 6.62. The maximum atomic E-state index is 13.2. The number of hydrogen-bond acceptors (Lipinski definition) is 3. The predicted octanol–water partition coefficient (Wildman–Crippen LogP) is 3.16. The number of rotatable bonds is 1. The van der Waals surface area contributed by atoms with Crippen LogP contribution in [0.1, 0.15) is 5.56 Å². The molecule has 0 unspecified atom stereocenters. The van der Waals surface area contributed by atoms with Gasteiger partial charge in [0.05, 0.1) is 5.69 Å². The molecule has 0 radical (unpaired) electrons. The Labute approximate surface area is 111 Å². The highest BCUT2D eigenvalue weighted by Gasteiger charge is 2.06. The number of aryl methyl sites for hydroxylation is 1. The molecule has 0 heterocycles. The van der Waals surface area contributed by atoms with Gasteiger partial charge in [-0.25, -0.2) is 9.38 Å². The average Bonchev–Trinajstić information content (AvgIpc) is 2.24. The molecule has 0 aliphatic rings. The second-order valence-electron chi connectivity index (χ2n) is 2.91. The summed E-state index contributed by atoms with van der Waals surface area (Å²) in [5, 5.41) is 11.4. The van der Waals surface area contributed by atoms with Gasteiger partial charge in [-0.15, -0.1) is 0 Å². The zero-order chi connectivity index (χ0) is 12.1. The lowest BCUT2D eigenvalue weighted by Gasteiger charge is -2.05. The summed E-state index contributed by atoms with van der Waals surface area (Å²) < 4.78 is 14.1. The highest BCUT2D eigenvalue weighted by molar-refractivity contribution is 14.1. The van der Waals surface area contributed by atoms with Crippen molar-refractivity contribution < 1.29 is 4.39 Å². The molecule has 0 aliphatic carbocycles. The summed E-state index contributed by atoms with van der Waals surface area (Å²) in [6.07, 6.45) is 3.58. The lowest BCUT2D eigenvalue weighted by Crippen LogP contribution is -2.12. The van der Waals surface area contributed by atoms with E-state index in [-0.39, 0.29) is 5.82 Å². The number of benzene rings is 1. The number of aliphatic imine (C=N–C) groups is 1. The molecule has 0 saturated heterocycles. The molecule has 0 spiro atoms. The van der Waals surface area contributed by atoms with E-state index < -0.39 is 0 Å². The molecule has 0 atom stereocenters. The third kappa shape index (κ3) is 3.35. The normalized spacial score (nSPS) is 11.1. The van der Waals surface area contributed by atoms with Gasteiger partial charge in [-0.2, -0.15) is 5.26 Å². The summed E-state index contributed by atoms with van der Waals surface area (Å²) in [6, 6.07) is 2.81. The Bertz CT molecular complexity index is 468. The van der Waals surface area contributed by atoms with E-state index in [1.165, 1.54) is 23.9 Å². The van der Waals surface area contributed by atoms with Crippen LogP contribution >= 0.6 is 34.4 Å². The molecule has 16 heavy (non-hydrogen) atoms. The van der Waals surface area contributed by atoms with Crippen molar-refractivity contribution in [3.05, 3.63) is 27.1 Å². The van der Waals surface area contributed by atoms with Crippen LogP contribution in [0.4, 0.5) is 10.1 Å². The Hall–Kier alpha value is -0.810. The zero-order valence-corrected chi connectivity index (χ0v) is 11.7. The van der Waals surface area contributed by atoms with Crippen molar-refractivity contribution in [1.82, 2.24) is 5.32 Å². The second-order valence-corrected chi connectivity index (χ2v) is 4.79. The largest absolute Gasteiger partial charge is 0.271 e. The molecule has 0 aromatic heterocycles. The maximum absolute atomic E-state index is 13.2. The number of nitriles is 1. The number of hydrogen-bond donors (Lipinski definition) is 1. The summed E-state index contributed by atoms with van der Waals surface area (Å²) in [4.78, 5) is 4.19. The van der Waals surface area contributed by atoms with Crippen LogP contribution in [0.15, 0.2) is 17.1 Å². The molecule has 1 N–H and O–H groups in total. The van der Waals surface area contributed by atoms with Crippen LogP contribution in [0.25, 0.3) is 0 Å². The number of nitrogens with zero attached hydrogens (tertiary/aromatic N) is 2. The van der Waals surface area contributed by atoms with Crippen LogP contribution in [0.2, 0.25) is 0 Å². The molecule has 0 bridgehead atoms. The first-order chi connectivity index (χ1) is 7.58. The van der Waals surface area contributed by atoms with Crippen LogP contribution in [-0.2, 0) is 0 Å². The lowest BCUT2D eigenvalue weighted by molar-refractivity contribution is 0.626. The van der Waals surface area contributed by atoms with Crippen LogP contribution in [-0.4, -0.2) is 11.4 Å². The number of thioether (sulfide) groups is 1. The fourth-order valence-corrected chi connectivity index (χ4v) is 1.84. The van der Waals surface area contributed by atoms with Gasteiger partial charge in [-0.1, -0.05) is 11.8 Å². The van der Waals surface area contributed by atoms with E-state index in [1.54, 1.807) is 12.4 Å². The molecule has 0 aliphatic heterocycles. The van der Waals surface area contributed by atoms with Gasteiger partial charge in [0.25, 0.3) is 0 Å². The molecule has 1 aromatic rings. The van der Waals surface area contributed by atoms with E-state index in [2.05, 4.69) is 32.9 Å². The van der Waals surface area contributed by atoms with Gasteiger partial charge in [-0.3, -0.25) is 5.32 Å². The Morgan fingerprint density at radius 1 is 1.62 bits per heavy atom. The van der Waals surface area contributed by atoms with E-state index in [0.717, 1.165) is 9.13 Å². The molecular weight excluding hydrogens is 340 g/mol. The fraction of sp³-hybridized carbons (Fsp3) is 0.200. The predicted molar refractivity (Wildman–Crippen MR) is 73.2 cm³/mol. The monoisotopic (exact) mass is 349 g/mol. The van der Waals surface area contributed by atoms with Gasteiger partial charge in [0.1, 0.15) is 5.82 Å². The van der Waals surface area contributed by atoms with Gasteiger partial charge in [0.2, 0.25) is 0 Å². The van der Waals surface area contributed by atoms with Crippen molar-refractivity contribution in [1.29, 1.82) is 5.26 Å². The van der Waals surface area contributed by atoms with Gasteiger partial charge in [0.15, 0.2) is 11.4 Å². The summed E-state index contributed by atoms with van der Waals surface area (Å²) in [5.41, 5.74) is 1.36. The van der Waals surface area contributed by atoms with Crippen molar-refractivity contribution in [3.8, 4) is 6.19 Å². The van der Waals surface area contributed by atoms with Crippen LogP contribution < -0.4 is 5.32 Å². The average molecular weight is 349 g/mol. The van der Waals surface area contributed by atoms with Crippen molar-refractivity contribution in [2.45, 2.75) is 6.92 Å². The van der Waals surface area contributed by atoms with E-state index in [1.807, 2.05) is 6.92 Å². The van der Waals surface area contributed by atoms with Crippen LogP contribution in [0.3, 0.4) is 0 Å². The first kappa shape index (κ1) is 13.3. The minimum absolute atomic E-state index is 0.325. The molecule has 0 amide bonds. The van der Waals surface area contributed by atoms with E-state index in [0.29, 0.717) is 10.9 Å². The van der Waals surface area contributed by atoms with E-state index in [4.69, 9.17) is 5.26 Å². The summed E-state index contributed by atoms with van der Waals surface area (Å²) >= 11 is 3.41. The number of amidine groups is 1. The number of nitrogens with one attached hydrogen (secondary N) is 1. The van der Waals surface area contributed by atoms with Crippen molar-refractivity contribution >= 4 is 45.2 Å². The smallest absolute Gasteiger partial charge is 0.183 e. The van der Waals surface area contributed by atoms with E-state index >= 15 is 0 Å². The van der Waals surface area contributed by atoms with E-state index in [9.17, 15) is 4.39 Å². The Morgan fingerprint density at radius 3 is 2.88 bits per heavy atom. The Morgan fingerprint density at radius 2 is 2.31 bits per heavy atom. The second kappa shape index (κ2) is 6.06. The molecule has 6 heteroatoms. The topological polar surface area (TPSA) is 48.2 Å². The molecule has 0 saturated carbocycles. The minimum atomic E-state index is -0.325. The van der Waals surface area contributed by atoms with Crippen molar-refractivity contribution in [3.63, 3.8) is 0 Å². The SMILES string of the molecule is CSC(=Nc1cc(F)cc(C)c1I)NC#N. The standard InChI is InChI=1S/C10H9FIN3S/c1-6-3-7(11)4-8(9(6)12)15-10(16-2)14-5-13/h3-4H,1-2H3,(H,14,15). The van der Waals surface area contributed by atoms with Crippen molar-refractivity contribution in [2.24, 2.45) is 4.99 Å². The lowest BCUT2D eigenvalue weighted by atomic mass is 10.2. The first-order valence-electron chi connectivity index (χ1n) is 4.32. The summed E-state index contributed by atoms with van der Waals surface area (Å²) in [7, 11) is 0. The Balaban J connectivity index is 3.18. The molecule has 0 fully saturated rings. The number of halogens is 2. The molecule has 3 nitrogen and oxygen atoms in total. The fourth-order valence-electron chi connectivity index (χ4n) is 1.07. The minimum Gasteiger partial charge on any atom is -0.271 e. The highest BCUT2D eigenvalue weighted by atomic mass is 127. The van der Waals surface area contributed by atoms with Gasteiger partial charge in [0, 0.05) is 9.64 Å². The van der Waals surface area contributed by atoms with Gasteiger partial charge < -0.3 is 0 Å².